The summed E-state index contributed by atoms with van der Waals surface area (Å²) in [6.07, 6.45) is 7.27. The monoisotopic (exact) mass is 760 g/mol. The number of ether oxygens (including phenoxy) is 2. The van der Waals surface area contributed by atoms with Crippen molar-refractivity contribution in [3.05, 3.63) is 63.1 Å². The van der Waals surface area contributed by atoms with E-state index in [-0.39, 0.29) is 17.4 Å². The highest BCUT2D eigenvalue weighted by Crippen LogP contribution is 2.33. The molecular formula is C36H44N10O5S2. The number of aryl methyl sites for hydroxylation is 2. The Morgan fingerprint density at radius 1 is 0.962 bits per heavy atom. The minimum absolute atomic E-state index is 0.251. The summed E-state index contributed by atoms with van der Waals surface area (Å²) in [6, 6.07) is 6.72. The molecule has 4 heterocycles. The number of nitrogens with zero attached hydrogens (tertiary/aromatic N) is 6. The molecule has 6 N–H and O–H groups in total. The average molecular weight is 761 g/mol. The van der Waals surface area contributed by atoms with Crippen molar-refractivity contribution >= 4 is 74.8 Å². The average Bonchev–Trinajstić information content (AvgIpc) is 3.83. The molecule has 0 radical (unpaired) electrons. The van der Waals surface area contributed by atoms with Crippen molar-refractivity contribution in [2.24, 2.45) is 11.5 Å². The fourth-order valence-corrected chi connectivity index (χ4v) is 7.91. The van der Waals surface area contributed by atoms with E-state index in [1.807, 2.05) is 41.4 Å². The third-order valence-corrected chi connectivity index (χ3v) is 10.7. The lowest BCUT2D eigenvalue weighted by molar-refractivity contribution is 0.0358. The molecule has 5 aromatic rings. The summed E-state index contributed by atoms with van der Waals surface area (Å²) in [5.41, 5.74) is 15.3. The molecule has 15 nitrogen and oxygen atoms in total. The maximum atomic E-state index is 13.7. The number of allylic oxidation sites excluding steroid dienone is 2. The van der Waals surface area contributed by atoms with E-state index in [1.165, 1.54) is 23.1 Å². The van der Waals surface area contributed by atoms with Crippen molar-refractivity contribution in [1.82, 2.24) is 29.0 Å². The minimum Gasteiger partial charge on any atom is -0.491 e. The van der Waals surface area contributed by atoms with E-state index in [9.17, 15) is 14.4 Å². The summed E-state index contributed by atoms with van der Waals surface area (Å²) >= 11 is 2.83. The van der Waals surface area contributed by atoms with Crippen LogP contribution in [0.25, 0.3) is 22.1 Å². The Morgan fingerprint density at radius 2 is 1.60 bits per heavy atom. The minimum atomic E-state index is -0.613. The van der Waals surface area contributed by atoms with Gasteiger partial charge >= 0.3 is 0 Å². The van der Waals surface area contributed by atoms with Gasteiger partial charge in [0.2, 0.25) is 23.7 Å². The van der Waals surface area contributed by atoms with Crippen LogP contribution >= 0.6 is 23.1 Å². The summed E-state index contributed by atoms with van der Waals surface area (Å²) in [5, 5.41) is 6.96. The van der Waals surface area contributed by atoms with E-state index < -0.39 is 11.8 Å². The zero-order valence-corrected chi connectivity index (χ0v) is 31.9. The van der Waals surface area contributed by atoms with Crippen molar-refractivity contribution in [3.8, 4) is 5.75 Å². The van der Waals surface area contributed by atoms with Crippen molar-refractivity contribution in [2.75, 3.05) is 63.4 Å². The number of primary amides is 2. The van der Waals surface area contributed by atoms with Gasteiger partial charge in [-0.2, -0.15) is 0 Å². The van der Waals surface area contributed by atoms with Crippen LogP contribution in [0.4, 0.5) is 11.9 Å². The number of benzene rings is 2. The molecule has 0 aliphatic carbocycles. The highest BCUT2D eigenvalue weighted by atomic mass is 32.2. The third-order valence-electron chi connectivity index (χ3n) is 8.92. The van der Waals surface area contributed by atoms with Gasteiger partial charge in [-0.1, -0.05) is 19.1 Å². The van der Waals surface area contributed by atoms with Crippen LogP contribution in [-0.2, 0) is 24.2 Å². The molecule has 3 amide bonds. The zero-order valence-electron chi connectivity index (χ0n) is 30.2. The van der Waals surface area contributed by atoms with E-state index >= 15 is 0 Å². The normalized spacial score (nSPS) is 13.7. The van der Waals surface area contributed by atoms with Crippen LogP contribution in [0.1, 0.15) is 54.4 Å². The molecular weight excluding hydrogens is 717 g/mol. The number of morpholine rings is 1. The molecule has 0 bridgehead atoms. The Bertz CT molecular complexity index is 2180. The smallest absolute Gasteiger partial charge is 0.269 e. The van der Waals surface area contributed by atoms with Crippen molar-refractivity contribution < 1.29 is 23.9 Å². The maximum absolute atomic E-state index is 13.7. The Balaban J connectivity index is 1.35. The number of aromatic nitrogens is 5. The number of nitrogens with two attached hydrogens (primary N) is 2. The third kappa shape index (κ3) is 8.32. The van der Waals surface area contributed by atoms with E-state index in [0.717, 1.165) is 41.5 Å². The SMILES string of the molecule is CCc1nc(C)sc1C(=O)Nc1nc2cc(C(N)=O)cc(OCCCN3CCOCC3)c2n1C/C=C/Cn1c(NC)nc2cc(C(N)=O)cc(SC)c21. The first kappa shape index (κ1) is 37.8. The van der Waals surface area contributed by atoms with Crippen LogP contribution in [0.15, 0.2) is 41.3 Å². The van der Waals surface area contributed by atoms with Gasteiger partial charge in [-0.05, 0) is 50.3 Å². The number of hydrogen-bond acceptors (Lipinski definition) is 12. The Labute approximate surface area is 315 Å². The first-order chi connectivity index (χ1) is 25.6. The topological polar surface area (TPSA) is 198 Å². The Kier molecular flexibility index (Phi) is 12.0. The predicted octanol–water partition coefficient (Wildman–Crippen LogP) is 4.28. The summed E-state index contributed by atoms with van der Waals surface area (Å²) < 4.78 is 15.7. The van der Waals surface area contributed by atoms with Gasteiger partial charge in [0.05, 0.1) is 47.1 Å². The van der Waals surface area contributed by atoms with Crippen LogP contribution < -0.4 is 26.8 Å². The number of rotatable bonds is 16. The molecule has 0 saturated carbocycles. The lowest BCUT2D eigenvalue weighted by Crippen LogP contribution is -2.37. The molecule has 53 heavy (non-hydrogen) atoms. The van der Waals surface area contributed by atoms with E-state index in [2.05, 4.69) is 20.5 Å². The zero-order chi connectivity index (χ0) is 37.6. The fraction of sp³-hybridized carbons (Fsp3) is 0.389. The van der Waals surface area contributed by atoms with Crippen molar-refractivity contribution in [2.45, 2.75) is 44.7 Å². The largest absolute Gasteiger partial charge is 0.491 e. The quantitative estimate of drug-likeness (QED) is 0.0636. The van der Waals surface area contributed by atoms with Crippen LogP contribution in [0.5, 0.6) is 5.75 Å². The second kappa shape index (κ2) is 16.8. The molecule has 2 aromatic carbocycles. The van der Waals surface area contributed by atoms with Gasteiger partial charge < -0.3 is 35.4 Å². The number of fused-ring (bicyclic) bond motifs is 2. The van der Waals surface area contributed by atoms with Crippen LogP contribution in [0.2, 0.25) is 0 Å². The molecule has 17 heteroatoms. The van der Waals surface area contributed by atoms with Gasteiger partial charge in [0.25, 0.3) is 5.91 Å². The second-order valence-corrected chi connectivity index (χ2v) is 14.5. The Hall–Kier alpha value is -4.97. The molecule has 0 unspecified atom stereocenters. The van der Waals surface area contributed by atoms with Gasteiger partial charge in [-0.25, -0.2) is 15.0 Å². The molecule has 280 valence electrons. The van der Waals surface area contributed by atoms with E-state index in [1.54, 1.807) is 31.3 Å². The lowest BCUT2D eigenvalue weighted by atomic mass is 10.1. The van der Waals surface area contributed by atoms with Gasteiger partial charge in [-0.3, -0.25) is 24.6 Å². The highest BCUT2D eigenvalue weighted by Gasteiger charge is 2.23. The van der Waals surface area contributed by atoms with Crippen molar-refractivity contribution in [1.29, 1.82) is 0 Å². The summed E-state index contributed by atoms with van der Waals surface area (Å²) in [5.74, 6) is -0.0950. The first-order valence-corrected chi connectivity index (χ1v) is 19.4. The number of nitrogens with one attached hydrogen (secondary N) is 2. The van der Waals surface area contributed by atoms with Crippen LogP contribution in [-0.4, -0.2) is 99.5 Å². The van der Waals surface area contributed by atoms with Gasteiger partial charge in [0, 0.05) is 55.8 Å². The number of hydrogen-bond donors (Lipinski definition) is 4. The number of carbonyl (C=O) groups is 3. The van der Waals surface area contributed by atoms with Gasteiger partial charge in [-0.15, -0.1) is 23.1 Å². The molecule has 3 aromatic heterocycles. The number of imidazole rings is 2. The summed E-state index contributed by atoms with van der Waals surface area (Å²) in [7, 11) is 1.79. The van der Waals surface area contributed by atoms with E-state index in [0.29, 0.717) is 83.7 Å². The maximum Gasteiger partial charge on any atom is 0.269 e. The number of anilines is 2. The molecule has 1 fully saturated rings. The molecule has 0 atom stereocenters. The number of thiazole rings is 1. The van der Waals surface area contributed by atoms with Crippen LogP contribution in [0.3, 0.4) is 0 Å². The molecule has 1 aliphatic rings. The van der Waals surface area contributed by atoms with Crippen LogP contribution in [0, 0.1) is 6.92 Å². The number of thioether (sulfide) groups is 1. The standard InChI is InChI=1S/C36H44N10O5S2/c1-5-24-31(53-21(2)40-24)34(49)43-36-42-25-17-22(32(37)47)19-27(51-14-8-9-44-12-15-50-16-13-44)29(25)45(36)10-6-7-11-46-30-26(41-35(46)39-3)18-23(33(38)48)20-28(30)52-4/h6-7,17-20H,5,8-16H2,1-4H3,(H2,37,47)(H2,38,48)(H,39,41)(H,42,43,49)/b7-6+. The number of amides is 3. The summed E-state index contributed by atoms with van der Waals surface area (Å²) in [4.78, 5) is 55.8. The molecule has 6 rings (SSSR count). The fourth-order valence-electron chi connectivity index (χ4n) is 6.35. The lowest BCUT2D eigenvalue weighted by Gasteiger charge is -2.26. The molecule has 1 aliphatic heterocycles. The summed E-state index contributed by atoms with van der Waals surface area (Å²) in [6.45, 7) is 9.00. The van der Waals surface area contributed by atoms with E-state index in [4.69, 9.17) is 30.9 Å². The predicted molar refractivity (Wildman–Crippen MR) is 209 cm³/mol. The Morgan fingerprint density at radius 3 is 2.25 bits per heavy atom. The molecule has 0 spiro atoms. The van der Waals surface area contributed by atoms with Gasteiger partial charge in [0.15, 0.2) is 0 Å². The molecule has 1 saturated heterocycles. The van der Waals surface area contributed by atoms with Gasteiger partial charge in [0.1, 0.15) is 16.1 Å². The first-order valence-electron chi connectivity index (χ1n) is 17.4. The second-order valence-electron chi connectivity index (χ2n) is 12.4. The van der Waals surface area contributed by atoms with Crippen molar-refractivity contribution in [3.63, 3.8) is 0 Å². The highest BCUT2D eigenvalue weighted by molar-refractivity contribution is 7.98. The number of carbonyl (C=O) groups excluding carboxylic acids is 3.